The zero-order valence-electron chi connectivity index (χ0n) is 13.8. The molecule has 0 amide bonds. The Morgan fingerprint density at radius 3 is 1.95 bits per heavy atom. The third-order valence-corrected chi connectivity index (χ3v) is 2.87. The summed E-state index contributed by atoms with van der Waals surface area (Å²) in [6, 6.07) is -1.06. The molecule has 0 aliphatic rings. The van der Waals surface area contributed by atoms with E-state index < -0.39 is 18.0 Å². The molecule has 7 heteroatoms. The average Bonchev–Trinajstić information content (AvgIpc) is 2.44. The quantitative estimate of drug-likeness (QED) is 0.253. The molecular formula is C15H28NNaO5. The molecule has 1 atom stereocenters. The second-order valence-electron chi connectivity index (χ2n) is 4.89. The zero-order chi connectivity index (χ0) is 16.5. The summed E-state index contributed by atoms with van der Waals surface area (Å²) in [5.41, 5.74) is 5.00. The van der Waals surface area contributed by atoms with Gasteiger partial charge in [0, 0.05) is 6.42 Å². The molecule has 0 fully saturated rings. The van der Waals surface area contributed by atoms with E-state index in [1.807, 2.05) is 6.29 Å². The number of hydrogen-bond acceptors (Lipinski definition) is 4. The van der Waals surface area contributed by atoms with Gasteiger partial charge in [0.05, 0.1) is 0 Å². The summed E-state index contributed by atoms with van der Waals surface area (Å²) in [4.78, 5) is 29.7. The Bertz CT molecular complexity index is 287. The molecule has 0 rings (SSSR count). The number of rotatable bonds is 12. The van der Waals surface area contributed by atoms with Gasteiger partial charge < -0.3 is 20.7 Å². The van der Waals surface area contributed by atoms with Crippen molar-refractivity contribution in [3.05, 3.63) is 0 Å². The topological polar surface area (TPSA) is 118 Å². The van der Waals surface area contributed by atoms with Crippen LogP contribution in [0.4, 0.5) is 0 Å². The van der Waals surface area contributed by atoms with Gasteiger partial charge in [-0.25, -0.2) is 0 Å². The van der Waals surface area contributed by atoms with E-state index in [1.54, 1.807) is 0 Å². The van der Waals surface area contributed by atoms with Crippen LogP contribution < -0.4 is 35.3 Å². The van der Waals surface area contributed by atoms with Crippen molar-refractivity contribution in [2.24, 2.45) is 5.73 Å². The van der Waals surface area contributed by atoms with Crippen molar-refractivity contribution in [3.63, 3.8) is 0 Å². The summed E-state index contributed by atoms with van der Waals surface area (Å²) < 4.78 is 0. The summed E-state index contributed by atoms with van der Waals surface area (Å²) in [7, 11) is 0. The van der Waals surface area contributed by atoms with Gasteiger partial charge >= 0.3 is 41.5 Å². The fraction of sp³-hybridized carbons (Fsp3) is 0.800. The molecule has 0 aliphatic heterocycles. The van der Waals surface area contributed by atoms with Crippen molar-refractivity contribution in [2.75, 3.05) is 0 Å². The van der Waals surface area contributed by atoms with Gasteiger partial charge in [0.15, 0.2) is 0 Å². The van der Waals surface area contributed by atoms with Crippen molar-refractivity contribution >= 4 is 18.2 Å². The smallest absolute Gasteiger partial charge is 0.542 e. The predicted molar refractivity (Wildman–Crippen MR) is 80.8 cm³/mol. The van der Waals surface area contributed by atoms with Crippen LogP contribution in [0.2, 0.25) is 0 Å². The molecular weight excluding hydrogens is 297 g/mol. The van der Waals surface area contributed by atoms with Gasteiger partial charge in [-0.15, -0.1) is 0 Å². The summed E-state index contributed by atoms with van der Waals surface area (Å²) >= 11 is 0. The molecule has 0 bridgehead atoms. The van der Waals surface area contributed by atoms with E-state index in [0.717, 1.165) is 6.42 Å². The number of carboxylic acid groups (broad SMARTS) is 2. The van der Waals surface area contributed by atoms with Gasteiger partial charge in [-0.2, -0.15) is 6.42 Å². The van der Waals surface area contributed by atoms with E-state index in [9.17, 15) is 14.4 Å². The molecule has 0 radical (unpaired) electrons. The summed E-state index contributed by atoms with van der Waals surface area (Å²) in [5, 5.41) is 16.3. The molecule has 0 saturated heterocycles. The molecule has 22 heavy (non-hydrogen) atoms. The fourth-order valence-electron chi connectivity index (χ4n) is 1.56. The van der Waals surface area contributed by atoms with E-state index in [2.05, 4.69) is 6.92 Å². The minimum Gasteiger partial charge on any atom is -0.542 e. The molecule has 6 nitrogen and oxygen atoms in total. The van der Waals surface area contributed by atoms with Crippen LogP contribution in [-0.4, -0.2) is 34.5 Å². The standard InChI is InChI=1S/C10H19O.C5H9NO4.Na/c1-2-3-4-5-6-7-8-9-10-11;6-3(5(9)10)1-2-4(7)8;/h2-9H2,1H3;3H,1-2,6H2,(H,7,8)(H,9,10);/q-1;;+1. The van der Waals surface area contributed by atoms with Gasteiger partial charge in [-0.05, 0) is 6.42 Å². The van der Waals surface area contributed by atoms with Gasteiger partial charge in [0.25, 0.3) is 0 Å². The van der Waals surface area contributed by atoms with Crippen LogP contribution in [0.25, 0.3) is 0 Å². The maximum Gasteiger partial charge on any atom is 1.00 e. The monoisotopic (exact) mass is 325 g/mol. The Morgan fingerprint density at radius 1 is 1.05 bits per heavy atom. The molecule has 1 unspecified atom stereocenters. The molecule has 0 aromatic rings. The minimum atomic E-state index is -1.17. The number of nitrogens with two attached hydrogens (primary N) is 1. The Labute approximate surface area is 155 Å². The first-order valence-electron chi connectivity index (χ1n) is 7.50. The predicted octanol–water partition coefficient (Wildman–Crippen LogP) is -0.496. The number of aliphatic carboxylic acids is 2. The second-order valence-corrected chi connectivity index (χ2v) is 4.89. The van der Waals surface area contributed by atoms with Crippen LogP contribution >= 0.6 is 0 Å². The van der Waals surface area contributed by atoms with Crippen molar-refractivity contribution < 1.29 is 54.2 Å². The maximum atomic E-state index is 9.99. The van der Waals surface area contributed by atoms with Gasteiger partial charge in [0.2, 0.25) is 0 Å². The summed E-state index contributed by atoms with van der Waals surface area (Å²) in [6.45, 7) is 2.22. The first-order valence-corrected chi connectivity index (χ1v) is 7.50. The molecule has 0 saturated carbocycles. The van der Waals surface area contributed by atoms with E-state index in [1.165, 1.54) is 38.5 Å². The number of carbonyl (C=O) groups is 2. The summed E-state index contributed by atoms with van der Waals surface area (Å²) in [6.07, 6.45) is 11.2. The molecule has 4 N–H and O–H groups in total. The summed E-state index contributed by atoms with van der Waals surface area (Å²) in [5.74, 6) is -2.20. The Balaban J connectivity index is -0.000000315. The minimum absolute atomic E-state index is 0. The number of unbranched alkanes of at least 4 members (excludes halogenated alkanes) is 7. The van der Waals surface area contributed by atoms with Crippen LogP contribution in [0.5, 0.6) is 0 Å². The van der Waals surface area contributed by atoms with Crippen LogP contribution in [0, 0.1) is 0 Å². The van der Waals surface area contributed by atoms with Gasteiger partial charge in [-0.1, -0.05) is 51.9 Å². The Kier molecular flexibility index (Phi) is 24.7. The van der Waals surface area contributed by atoms with Crippen molar-refractivity contribution in [1.82, 2.24) is 0 Å². The van der Waals surface area contributed by atoms with E-state index >= 15 is 0 Å². The van der Waals surface area contributed by atoms with E-state index in [4.69, 9.17) is 15.9 Å². The van der Waals surface area contributed by atoms with Crippen molar-refractivity contribution in [3.8, 4) is 0 Å². The van der Waals surface area contributed by atoms with E-state index in [-0.39, 0.29) is 42.4 Å². The molecule has 0 aliphatic carbocycles. The van der Waals surface area contributed by atoms with Crippen LogP contribution in [0.15, 0.2) is 0 Å². The molecule has 0 spiro atoms. The molecule has 0 heterocycles. The largest absolute Gasteiger partial charge is 1.00 e. The third kappa shape index (κ3) is 24.6. The average molecular weight is 325 g/mol. The van der Waals surface area contributed by atoms with Crippen molar-refractivity contribution in [2.45, 2.75) is 77.2 Å². The van der Waals surface area contributed by atoms with Crippen molar-refractivity contribution in [1.29, 1.82) is 0 Å². The SMILES string of the molecule is CCCCCCCCC[C-]=O.NC(CCC(=O)O)C(=O)O.[Na+]. The number of carboxylic acids is 2. The van der Waals surface area contributed by atoms with E-state index in [0.29, 0.717) is 6.42 Å². The van der Waals surface area contributed by atoms with Gasteiger partial charge in [-0.3, -0.25) is 15.9 Å². The van der Waals surface area contributed by atoms with Crippen LogP contribution in [0.1, 0.15) is 71.1 Å². The van der Waals surface area contributed by atoms with Crippen LogP contribution in [-0.2, 0) is 14.4 Å². The third-order valence-electron chi connectivity index (χ3n) is 2.87. The molecule has 0 aromatic heterocycles. The zero-order valence-corrected chi connectivity index (χ0v) is 15.8. The molecule has 0 aromatic carbocycles. The number of hydrogen-bond donors (Lipinski definition) is 3. The number of carbonyl (C=O) groups excluding carboxylic acids is 1. The van der Waals surface area contributed by atoms with Gasteiger partial charge in [0.1, 0.15) is 6.04 Å². The molecule has 124 valence electrons. The fourth-order valence-corrected chi connectivity index (χ4v) is 1.56. The second kappa shape index (κ2) is 20.6. The maximum absolute atomic E-state index is 9.99. The Hall–Kier alpha value is -0.430. The normalized spacial score (nSPS) is 10.6. The first-order chi connectivity index (χ1) is 9.95. The van der Waals surface area contributed by atoms with Crippen LogP contribution in [0.3, 0.4) is 0 Å². The Morgan fingerprint density at radius 2 is 1.55 bits per heavy atom. The first kappa shape index (κ1) is 26.5.